The molecule has 180 valence electrons. The van der Waals surface area contributed by atoms with Crippen LogP contribution in [-0.2, 0) is 10.0 Å². The Labute approximate surface area is 205 Å². The predicted octanol–water partition coefficient (Wildman–Crippen LogP) is 5.67. The van der Waals surface area contributed by atoms with E-state index in [4.69, 9.17) is 0 Å². The van der Waals surface area contributed by atoms with Crippen molar-refractivity contribution in [2.45, 2.75) is 42.9 Å². The summed E-state index contributed by atoms with van der Waals surface area (Å²) in [4.78, 5) is 2.90. The number of hydrogen-bond donors (Lipinski definition) is 0. The molecule has 1 aliphatic heterocycles. The third-order valence-electron chi connectivity index (χ3n) is 7.21. The summed E-state index contributed by atoms with van der Waals surface area (Å²) in [6.45, 7) is 5.86. The molecule has 0 bridgehead atoms. The second-order valence-electron chi connectivity index (χ2n) is 9.47. The Morgan fingerprint density at radius 2 is 1.47 bits per heavy atom. The number of piperidine rings is 1. The second kappa shape index (κ2) is 11.3. The van der Waals surface area contributed by atoms with Crippen LogP contribution in [0.25, 0.3) is 0 Å². The number of sulfonamides is 1. The van der Waals surface area contributed by atoms with Crippen LogP contribution in [0, 0.1) is 6.92 Å². The van der Waals surface area contributed by atoms with Crippen molar-refractivity contribution in [1.82, 2.24) is 9.21 Å². The Morgan fingerprint density at radius 3 is 2.12 bits per heavy atom. The molecule has 1 saturated heterocycles. The number of likely N-dealkylation sites (tertiary alicyclic amines) is 1. The lowest BCUT2D eigenvalue weighted by atomic mass is 9.86. The molecule has 1 fully saturated rings. The van der Waals surface area contributed by atoms with E-state index in [9.17, 15) is 8.42 Å². The molecule has 0 aliphatic carbocycles. The largest absolute Gasteiger partial charge is 0.303 e. The summed E-state index contributed by atoms with van der Waals surface area (Å²) in [5, 5.41) is 0. The summed E-state index contributed by atoms with van der Waals surface area (Å²) < 4.78 is 27.8. The van der Waals surface area contributed by atoms with Crippen molar-refractivity contribution in [2.75, 3.05) is 33.2 Å². The van der Waals surface area contributed by atoms with Gasteiger partial charge in [0, 0.05) is 13.6 Å². The van der Waals surface area contributed by atoms with Crippen LogP contribution in [0.15, 0.2) is 89.8 Å². The Morgan fingerprint density at radius 1 is 0.882 bits per heavy atom. The standard InChI is InChI=1S/C29H36N2O2S/c1-24-11-9-10-16-29(24)26-17-20-31(21-18-26)22-19-27(25-12-5-3-6-13-25)23-30(2)34(32,33)28-14-7-4-8-15-28/h3-16,26-27H,17-23H2,1-2H3/t27-/m0/s1. The van der Waals surface area contributed by atoms with E-state index in [2.05, 4.69) is 48.2 Å². The van der Waals surface area contributed by atoms with E-state index in [1.807, 2.05) is 24.3 Å². The lowest BCUT2D eigenvalue weighted by Crippen LogP contribution is -2.36. The molecular weight excluding hydrogens is 440 g/mol. The summed E-state index contributed by atoms with van der Waals surface area (Å²) in [7, 11) is -1.81. The number of rotatable bonds is 9. The Kier molecular flexibility index (Phi) is 8.19. The van der Waals surface area contributed by atoms with E-state index in [1.54, 1.807) is 31.3 Å². The van der Waals surface area contributed by atoms with Gasteiger partial charge in [0.1, 0.15) is 0 Å². The van der Waals surface area contributed by atoms with Gasteiger partial charge < -0.3 is 4.90 Å². The van der Waals surface area contributed by atoms with Gasteiger partial charge in [0.05, 0.1) is 4.90 Å². The lowest BCUT2D eigenvalue weighted by molar-refractivity contribution is 0.203. The molecule has 4 rings (SSSR count). The molecule has 0 amide bonds. The number of nitrogens with zero attached hydrogens (tertiary/aromatic N) is 2. The van der Waals surface area contributed by atoms with Crippen molar-refractivity contribution in [3.8, 4) is 0 Å². The quantitative estimate of drug-likeness (QED) is 0.400. The maximum Gasteiger partial charge on any atom is 0.242 e. The molecule has 0 aromatic heterocycles. The molecule has 34 heavy (non-hydrogen) atoms. The van der Waals surface area contributed by atoms with Crippen molar-refractivity contribution < 1.29 is 8.42 Å². The van der Waals surface area contributed by atoms with Gasteiger partial charge in [-0.1, -0.05) is 72.8 Å². The molecule has 1 heterocycles. The Hall–Kier alpha value is -2.47. The third kappa shape index (κ3) is 5.96. The number of benzene rings is 3. The third-order valence-corrected chi connectivity index (χ3v) is 9.05. The molecule has 0 unspecified atom stereocenters. The van der Waals surface area contributed by atoms with Gasteiger partial charge in [-0.15, -0.1) is 0 Å². The van der Waals surface area contributed by atoms with Crippen LogP contribution in [0.3, 0.4) is 0 Å². The van der Waals surface area contributed by atoms with Gasteiger partial charge in [0.15, 0.2) is 0 Å². The van der Waals surface area contributed by atoms with Crippen LogP contribution in [0.5, 0.6) is 0 Å². The van der Waals surface area contributed by atoms with Gasteiger partial charge in [-0.3, -0.25) is 0 Å². The molecule has 1 aliphatic rings. The van der Waals surface area contributed by atoms with Gasteiger partial charge in [-0.05, 0) is 86.5 Å². The molecule has 0 N–H and O–H groups in total. The highest BCUT2D eigenvalue weighted by Crippen LogP contribution is 2.31. The highest BCUT2D eigenvalue weighted by atomic mass is 32.2. The summed E-state index contributed by atoms with van der Waals surface area (Å²) in [6, 6.07) is 27.8. The fourth-order valence-electron chi connectivity index (χ4n) is 5.12. The SMILES string of the molecule is Cc1ccccc1C1CCN(CC[C@@H](CN(C)S(=O)(=O)c2ccccc2)c2ccccc2)CC1. The van der Waals surface area contributed by atoms with Crippen molar-refractivity contribution in [3.05, 3.63) is 102 Å². The van der Waals surface area contributed by atoms with Gasteiger partial charge in [-0.2, -0.15) is 0 Å². The number of likely N-dealkylation sites (N-methyl/N-ethyl adjacent to an activating group) is 1. The maximum atomic E-state index is 13.1. The molecule has 4 nitrogen and oxygen atoms in total. The minimum absolute atomic E-state index is 0.152. The van der Waals surface area contributed by atoms with E-state index in [-0.39, 0.29) is 5.92 Å². The predicted molar refractivity (Wildman–Crippen MR) is 140 cm³/mol. The van der Waals surface area contributed by atoms with E-state index in [1.165, 1.54) is 33.8 Å². The Balaban J connectivity index is 1.39. The monoisotopic (exact) mass is 476 g/mol. The van der Waals surface area contributed by atoms with E-state index >= 15 is 0 Å². The molecular formula is C29H36N2O2S. The Bertz CT molecular complexity index is 1140. The normalized spacial score (nSPS) is 16.6. The molecule has 0 saturated carbocycles. The minimum Gasteiger partial charge on any atom is -0.303 e. The average molecular weight is 477 g/mol. The van der Waals surface area contributed by atoms with Crippen LogP contribution in [0.1, 0.15) is 47.8 Å². The van der Waals surface area contributed by atoms with Crippen molar-refractivity contribution in [3.63, 3.8) is 0 Å². The first-order valence-corrected chi connectivity index (χ1v) is 13.7. The highest BCUT2D eigenvalue weighted by molar-refractivity contribution is 7.89. The molecule has 0 spiro atoms. The van der Waals surface area contributed by atoms with Crippen molar-refractivity contribution >= 4 is 10.0 Å². The highest BCUT2D eigenvalue weighted by Gasteiger charge is 2.26. The summed E-state index contributed by atoms with van der Waals surface area (Å²) >= 11 is 0. The zero-order chi connectivity index (χ0) is 24.0. The van der Waals surface area contributed by atoms with Gasteiger partial charge >= 0.3 is 0 Å². The zero-order valence-corrected chi connectivity index (χ0v) is 21.1. The minimum atomic E-state index is -3.51. The summed E-state index contributed by atoms with van der Waals surface area (Å²) in [5.41, 5.74) is 4.09. The molecule has 0 radical (unpaired) electrons. The molecule has 5 heteroatoms. The average Bonchev–Trinajstić information content (AvgIpc) is 2.88. The van der Waals surface area contributed by atoms with Crippen LogP contribution < -0.4 is 0 Å². The number of aryl methyl sites for hydroxylation is 1. The lowest BCUT2D eigenvalue weighted by Gasteiger charge is -2.34. The van der Waals surface area contributed by atoms with Crippen LogP contribution >= 0.6 is 0 Å². The second-order valence-corrected chi connectivity index (χ2v) is 11.5. The topological polar surface area (TPSA) is 40.6 Å². The van der Waals surface area contributed by atoms with Crippen LogP contribution in [0.2, 0.25) is 0 Å². The fourth-order valence-corrected chi connectivity index (χ4v) is 6.36. The van der Waals surface area contributed by atoms with Crippen molar-refractivity contribution in [2.24, 2.45) is 0 Å². The first-order valence-electron chi connectivity index (χ1n) is 12.3. The van der Waals surface area contributed by atoms with Gasteiger partial charge in [0.2, 0.25) is 10.0 Å². The van der Waals surface area contributed by atoms with E-state index in [0.29, 0.717) is 17.4 Å². The fraction of sp³-hybridized carbons (Fsp3) is 0.379. The maximum absolute atomic E-state index is 13.1. The molecule has 3 aromatic carbocycles. The number of hydrogen-bond acceptors (Lipinski definition) is 3. The van der Waals surface area contributed by atoms with Gasteiger partial charge in [0.25, 0.3) is 0 Å². The smallest absolute Gasteiger partial charge is 0.242 e. The molecule has 1 atom stereocenters. The van der Waals surface area contributed by atoms with E-state index in [0.717, 1.165) is 26.1 Å². The van der Waals surface area contributed by atoms with E-state index < -0.39 is 10.0 Å². The summed E-state index contributed by atoms with van der Waals surface area (Å²) in [5.74, 6) is 0.795. The zero-order valence-electron chi connectivity index (χ0n) is 20.3. The first-order chi connectivity index (χ1) is 16.4. The van der Waals surface area contributed by atoms with Crippen LogP contribution in [-0.4, -0.2) is 50.8 Å². The molecule has 3 aromatic rings. The van der Waals surface area contributed by atoms with Gasteiger partial charge in [-0.25, -0.2) is 12.7 Å². The summed E-state index contributed by atoms with van der Waals surface area (Å²) in [6.07, 6.45) is 3.31. The van der Waals surface area contributed by atoms with Crippen molar-refractivity contribution in [1.29, 1.82) is 0 Å². The van der Waals surface area contributed by atoms with Crippen LogP contribution in [0.4, 0.5) is 0 Å². The first kappa shape index (κ1) is 24.6.